The number of hydrogen-bond acceptors (Lipinski definition) is 6. The Hall–Kier alpha value is -1.99. The Kier molecular flexibility index (Phi) is 3.97. The van der Waals surface area contributed by atoms with Gasteiger partial charge < -0.3 is 10.6 Å². The molecule has 0 unspecified atom stereocenters. The van der Waals surface area contributed by atoms with Crippen LogP contribution in [0, 0.1) is 0 Å². The molecular formula is C16H17ClN6S. The van der Waals surface area contributed by atoms with Gasteiger partial charge in [0.15, 0.2) is 5.65 Å². The molecule has 4 rings (SSSR count). The minimum Gasteiger partial charge on any atom is -0.382 e. The summed E-state index contributed by atoms with van der Waals surface area (Å²) >= 11 is 7.76. The average Bonchev–Trinajstić information content (AvgIpc) is 3.21. The SMILES string of the molecule is C[C@@H]1CCCN1c1ncc(Sc2ccnc(N)c2Cl)c2nccn12. The molecule has 1 aliphatic rings. The predicted molar refractivity (Wildman–Crippen MR) is 96.8 cm³/mol. The number of nitrogens with zero attached hydrogens (tertiary/aromatic N) is 5. The van der Waals surface area contributed by atoms with Gasteiger partial charge in [-0.1, -0.05) is 23.4 Å². The molecule has 6 nitrogen and oxygen atoms in total. The van der Waals surface area contributed by atoms with Crippen molar-refractivity contribution in [3.63, 3.8) is 0 Å². The summed E-state index contributed by atoms with van der Waals surface area (Å²) in [6.07, 6.45) is 9.66. The van der Waals surface area contributed by atoms with E-state index in [0.717, 1.165) is 27.9 Å². The molecule has 24 heavy (non-hydrogen) atoms. The molecule has 1 aliphatic heterocycles. The van der Waals surface area contributed by atoms with Gasteiger partial charge in [-0.25, -0.2) is 15.0 Å². The van der Waals surface area contributed by atoms with Gasteiger partial charge in [-0.2, -0.15) is 0 Å². The molecule has 2 N–H and O–H groups in total. The summed E-state index contributed by atoms with van der Waals surface area (Å²) in [7, 11) is 0. The van der Waals surface area contributed by atoms with Crippen molar-refractivity contribution in [2.45, 2.75) is 35.6 Å². The molecule has 0 spiro atoms. The second-order valence-electron chi connectivity index (χ2n) is 5.84. The second-order valence-corrected chi connectivity index (χ2v) is 7.30. The maximum Gasteiger partial charge on any atom is 0.211 e. The monoisotopic (exact) mass is 360 g/mol. The summed E-state index contributed by atoms with van der Waals surface area (Å²) in [5.74, 6) is 1.27. The van der Waals surface area contributed by atoms with Crippen LogP contribution in [0.2, 0.25) is 5.02 Å². The van der Waals surface area contributed by atoms with Gasteiger partial charge in [-0.3, -0.25) is 4.40 Å². The van der Waals surface area contributed by atoms with Crippen molar-refractivity contribution < 1.29 is 0 Å². The van der Waals surface area contributed by atoms with Crippen LogP contribution >= 0.6 is 23.4 Å². The van der Waals surface area contributed by atoms with E-state index in [1.54, 1.807) is 12.4 Å². The topological polar surface area (TPSA) is 72.3 Å². The molecule has 3 aromatic rings. The van der Waals surface area contributed by atoms with Crippen molar-refractivity contribution in [1.29, 1.82) is 0 Å². The Bertz CT molecular complexity index is 895. The Balaban J connectivity index is 1.75. The first-order chi connectivity index (χ1) is 11.6. The number of aromatic nitrogens is 4. The smallest absolute Gasteiger partial charge is 0.211 e. The summed E-state index contributed by atoms with van der Waals surface area (Å²) in [5, 5.41) is 0.462. The number of nitrogen functional groups attached to an aromatic ring is 1. The molecular weight excluding hydrogens is 344 g/mol. The molecule has 4 heterocycles. The van der Waals surface area contributed by atoms with Crippen LogP contribution in [0.25, 0.3) is 5.65 Å². The molecule has 0 aromatic carbocycles. The molecule has 0 radical (unpaired) electrons. The minimum atomic E-state index is 0.330. The largest absolute Gasteiger partial charge is 0.382 e. The van der Waals surface area contributed by atoms with Crippen LogP contribution in [0.5, 0.6) is 0 Å². The lowest BCUT2D eigenvalue weighted by Gasteiger charge is -2.23. The number of pyridine rings is 1. The normalized spacial score (nSPS) is 17.8. The molecule has 3 aromatic heterocycles. The van der Waals surface area contributed by atoms with E-state index >= 15 is 0 Å². The Morgan fingerprint density at radius 2 is 2.12 bits per heavy atom. The summed E-state index contributed by atoms with van der Waals surface area (Å²) in [6.45, 7) is 3.26. The number of anilines is 2. The van der Waals surface area contributed by atoms with E-state index in [-0.39, 0.29) is 0 Å². The standard InChI is InChI=1S/C16H17ClN6S/c1-10-3-2-7-22(10)16-21-9-12(15-20-6-8-23(15)16)24-11-4-5-19-14(18)13(11)17/h4-6,8-10H,2-3,7H2,1H3,(H2,18,19)/t10-/m1/s1. The number of nitrogens with two attached hydrogens (primary N) is 1. The first kappa shape index (κ1) is 15.5. The van der Waals surface area contributed by atoms with Gasteiger partial charge in [0, 0.05) is 42.3 Å². The fourth-order valence-electron chi connectivity index (χ4n) is 3.04. The number of rotatable bonds is 3. The van der Waals surface area contributed by atoms with Crippen LogP contribution in [0.15, 0.2) is 40.6 Å². The second kappa shape index (κ2) is 6.14. The van der Waals surface area contributed by atoms with Crippen molar-refractivity contribution in [3.05, 3.63) is 35.9 Å². The zero-order chi connectivity index (χ0) is 16.7. The lowest BCUT2D eigenvalue weighted by atomic mass is 10.2. The highest BCUT2D eigenvalue weighted by Gasteiger charge is 2.24. The van der Waals surface area contributed by atoms with Crippen molar-refractivity contribution in [2.24, 2.45) is 0 Å². The van der Waals surface area contributed by atoms with Crippen molar-refractivity contribution in [2.75, 3.05) is 17.2 Å². The van der Waals surface area contributed by atoms with E-state index in [1.165, 1.54) is 24.6 Å². The Morgan fingerprint density at radius 3 is 2.92 bits per heavy atom. The molecule has 1 atom stereocenters. The zero-order valence-corrected chi connectivity index (χ0v) is 14.8. The van der Waals surface area contributed by atoms with Gasteiger partial charge in [0.25, 0.3) is 0 Å². The Labute approximate surface area is 149 Å². The number of fused-ring (bicyclic) bond motifs is 1. The summed E-state index contributed by atoms with van der Waals surface area (Å²) in [4.78, 5) is 17.3. The summed E-state index contributed by atoms with van der Waals surface area (Å²) < 4.78 is 2.04. The molecule has 0 saturated carbocycles. The highest BCUT2D eigenvalue weighted by Crippen LogP contribution is 2.37. The summed E-state index contributed by atoms with van der Waals surface area (Å²) in [6, 6.07) is 2.34. The number of halogens is 1. The van der Waals surface area contributed by atoms with Crippen LogP contribution in [-0.4, -0.2) is 31.9 Å². The Morgan fingerprint density at radius 1 is 1.25 bits per heavy atom. The predicted octanol–water partition coefficient (Wildman–Crippen LogP) is 3.50. The number of imidazole rings is 1. The zero-order valence-electron chi connectivity index (χ0n) is 13.2. The van der Waals surface area contributed by atoms with Crippen LogP contribution in [0.4, 0.5) is 11.8 Å². The summed E-state index contributed by atoms with van der Waals surface area (Å²) in [5.41, 5.74) is 6.66. The van der Waals surface area contributed by atoms with Crippen molar-refractivity contribution in [1.82, 2.24) is 19.4 Å². The fraction of sp³-hybridized carbons (Fsp3) is 0.312. The van der Waals surface area contributed by atoms with E-state index < -0.39 is 0 Å². The third-order valence-electron chi connectivity index (χ3n) is 4.28. The lowest BCUT2D eigenvalue weighted by Crippen LogP contribution is -2.29. The molecule has 0 amide bonds. The van der Waals surface area contributed by atoms with Crippen molar-refractivity contribution in [3.8, 4) is 0 Å². The van der Waals surface area contributed by atoms with Crippen LogP contribution in [-0.2, 0) is 0 Å². The molecule has 8 heteroatoms. The van der Waals surface area contributed by atoms with Gasteiger partial charge in [-0.15, -0.1) is 0 Å². The first-order valence-corrected chi connectivity index (χ1v) is 9.01. The van der Waals surface area contributed by atoms with E-state index in [0.29, 0.717) is 16.9 Å². The number of hydrogen-bond donors (Lipinski definition) is 1. The molecule has 124 valence electrons. The van der Waals surface area contributed by atoms with E-state index in [9.17, 15) is 0 Å². The maximum absolute atomic E-state index is 6.26. The highest BCUT2D eigenvalue weighted by atomic mass is 35.5. The van der Waals surface area contributed by atoms with Crippen LogP contribution in [0.3, 0.4) is 0 Å². The van der Waals surface area contributed by atoms with Crippen LogP contribution in [0.1, 0.15) is 19.8 Å². The minimum absolute atomic E-state index is 0.330. The van der Waals surface area contributed by atoms with Gasteiger partial charge in [0.05, 0.1) is 9.92 Å². The third-order valence-corrected chi connectivity index (χ3v) is 5.86. The van der Waals surface area contributed by atoms with E-state index in [1.807, 2.05) is 22.9 Å². The van der Waals surface area contributed by atoms with Gasteiger partial charge in [0.1, 0.15) is 5.82 Å². The maximum atomic E-state index is 6.26. The fourth-order valence-corrected chi connectivity index (χ4v) is 4.17. The quantitative estimate of drug-likeness (QED) is 0.770. The van der Waals surface area contributed by atoms with Gasteiger partial charge in [-0.05, 0) is 25.8 Å². The van der Waals surface area contributed by atoms with Crippen molar-refractivity contribution >= 4 is 40.8 Å². The molecule has 1 saturated heterocycles. The molecule has 0 bridgehead atoms. The first-order valence-electron chi connectivity index (χ1n) is 7.81. The lowest BCUT2D eigenvalue weighted by molar-refractivity contribution is 0.710. The highest BCUT2D eigenvalue weighted by molar-refractivity contribution is 7.99. The third kappa shape index (κ3) is 2.57. The molecule has 0 aliphatic carbocycles. The van der Waals surface area contributed by atoms with Gasteiger partial charge in [0.2, 0.25) is 5.95 Å². The molecule has 1 fully saturated rings. The van der Waals surface area contributed by atoms with E-state index in [4.69, 9.17) is 22.3 Å². The van der Waals surface area contributed by atoms with E-state index in [2.05, 4.69) is 21.8 Å². The average molecular weight is 361 g/mol. The van der Waals surface area contributed by atoms with Gasteiger partial charge >= 0.3 is 0 Å². The van der Waals surface area contributed by atoms with Crippen LogP contribution < -0.4 is 10.6 Å².